The minimum absolute atomic E-state index is 0.114. The Morgan fingerprint density at radius 1 is 1.00 bits per heavy atom. The van der Waals surface area contributed by atoms with Crippen molar-refractivity contribution in [1.29, 1.82) is 0 Å². The molecule has 0 saturated carbocycles. The zero-order chi connectivity index (χ0) is 14.5. The molecular formula is C16H15Br2NO. The third-order valence-electron chi connectivity index (χ3n) is 2.98. The maximum absolute atomic E-state index is 12.2. The van der Waals surface area contributed by atoms with Gasteiger partial charge in [-0.15, -0.1) is 0 Å². The molecule has 104 valence electrons. The largest absolute Gasteiger partial charge is 0.341 e. The summed E-state index contributed by atoms with van der Waals surface area (Å²) in [5.74, 6) is 0.114. The van der Waals surface area contributed by atoms with Gasteiger partial charge in [-0.2, -0.15) is 0 Å². The average Bonchev–Trinajstić information content (AvgIpc) is 2.38. The first-order valence-corrected chi connectivity index (χ1v) is 7.86. The van der Waals surface area contributed by atoms with Crippen molar-refractivity contribution in [2.24, 2.45) is 0 Å². The van der Waals surface area contributed by atoms with Crippen molar-refractivity contribution in [3.05, 3.63) is 68.6 Å². The highest BCUT2D eigenvalue weighted by atomic mass is 79.9. The van der Waals surface area contributed by atoms with E-state index in [1.165, 1.54) is 0 Å². The molecule has 0 aliphatic carbocycles. The normalized spacial score (nSPS) is 10.3. The van der Waals surface area contributed by atoms with Crippen molar-refractivity contribution >= 4 is 37.8 Å². The second-order valence-corrected chi connectivity index (χ2v) is 6.52. The molecule has 20 heavy (non-hydrogen) atoms. The quantitative estimate of drug-likeness (QED) is 0.749. The second kappa shape index (κ2) is 7.04. The number of hydrogen-bond acceptors (Lipinski definition) is 1. The lowest BCUT2D eigenvalue weighted by molar-refractivity contribution is -0.129. The van der Waals surface area contributed by atoms with Crippen LogP contribution in [0.5, 0.6) is 0 Å². The van der Waals surface area contributed by atoms with Gasteiger partial charge >= 0.3 is 0 Å². The highest BCUT2D eigenvalue weighted by Crippen LogP contribution is 2.15. The van der Waals surface area contributed by atoms with E-state index in [9.17, 15) is 4.79 Å². The number of hydrogen-bond donors (Lipinski definition) is 0. The number of carbonyl (C=O) groups is 1. The Bertz CT molecular complexity index is 613. The Hall–Kier alpha value is -1.13. The average molecular weight is 397 g/mol. The van der Waals surface area contributed by atoms with Gasteiger partial charge in [0.25, 0.3) is 0 Å². The fourth-order valence-electron chi connectivity index (χ4n) is 1.95. The number of amides is 1. The summed E-state index contributed by atoms with van der Waals surface area (Å²) in [5, 5.41) is 0. The zero-order valence-corrected chi connectivity index (χ0v) is 14.3. The summed E-state index contributed by atoms with van der Waals surface area (Å²) < 4.78 is 2.03. The van der Waals surface area contributed by atoms with Crippen LogP contribution in [0.2, 0.25) is 0 Å². The number of nitrogens with zero attached hydrogens (tertiary/aromatic N) is 1. The van der Waals surface area contributed by atoms with Crippen LogP contribution in [-0.4, -0.2) is 17.9 Å². The fraction of sp³-hybridized carbons (Fsp3) is 0.188. The topological polar surface area (TPSA) is 20.3 Å². The monoisotopic (exact) mass is 395 g/mol. The number of carbonyl (C=O) groups excluding carboxylic acids is 1. The summed E-state index contributed by atoms with van der Waals surface area (Å²) in [7, 11) is 1.83. The molecule has 0 unspecified atom stereocenters. The van der Waals surface area contributed by atoms with E-state index in [-0.39, 0.29) is 5.91 Å². The predicted octanol–water partition coefficient (Wildman–Crippen LogP) is 4.41. The van der Waals surface area contributed by atoms with Gasteiger partial charge in [0.2, 0.25) is 5.91 Å². The van der Waals surface area contributed by atoms with Crippen LogP contribution < -0.4 is 0 Å². The van der Waals surface area contributed by atoms with E-state index < -0.39 is 0 Å². The smallest absolute Gasteiger partial charge is 0.227 e. The first kappa shape index (κ1) is 15.3. The molecule has 0 bridgehead atoms. The van der Waals surface area contributed by atoms with Gasteiger partial charge in [-0.25, -0.2) is 0 Å². The van der Waals surface area contributed by atoms with E-state index >= 15 is 0 Å². The standard InChI is InChI=1S/C16H15Br2NO/c1-19(11-13-5-3-7-15(18)9-13)16(20)10-12-4-2-6-14(17)8-12/h2-9H,10-11H2,1H3. The van der Waals surface area contributed by atoms with Gasteiger partial charge < -0.3 is 4.90 Å². The third-order valence-corrected chi connectivity index (χ3v) is 3.97. The van der Waals surface area contributed by atoms with Crippen LogP contribution >= 0.6 is 31.9 Å². The number of likely N-dealkylation sites (N-methyl/N-ethyl adjacent to an activating group) is 1. The fourth-order valence-corrected chi connectivity index (χ4v) is 2.85. The molecule has 0 aliphatic rings. The van der Waals surface area contributed by atoms with Crippen molar-refractivity contribution in [3.8, 4) is 0 Å². The lowest BCUT2D eigenvalue weighted by Crippen LogP contribution is -2.27. The minimum atomic E-state index is 0.114. The summed E-state index contributed by atoms with van der Waals surface area (Å²) in [4.78, 5) is 14.0. The highest BCUT2D eigenvalue weighted by molar-refractivity contribution is 9.10. The highest BCUT2D eigenvalue weighted by Gasteiger charge is 2.10. The molecule has 4 heteroatoms. The van der Waals surface area contributed by atoms with E-state index in [1.807, 2.05) is 55.6 Å². The van der Waals surface area contributed by atoms with Gasteiger partial charge in [0, 0.05) is 22.5 Å². The lowest BCUT2D eigenvalue weighted by Gasteiger charge is -2.17. The lowest BCUT2D eigenvalue weighted by atomic mass is 10.1. The van der Waals surface area contributed by atoms with Crippen LogP contribution in [0.1, 0.15) is 11.1 Å². The molecule has 2 nitrogen and oxygen atoms in total. The molecule has 1 amide bonds. The Morgan fingerprint density at radius 3 is 2.15 bits per heavy atom. The van der Waals surface area contributed by atoms with Gasteiger partial charge in [0.1, 0.15) is 0 Å². The Labute approximate surface area is 136 Å². The van der Waals surface area contributed by atoms with E-state index in [1.54, 1.807) is 4.90 Å². The zero-order valence-electron chi connectivity index (χ0n) is 11.1. The van der Waals surface area contributed by atoms with E-state index in [0.717, 1.165) is 20.1 Å². The maximum Gasteiger partial charge on any atom is 0.227 e. The second-order valence-electron chi connectivity index (χ2n) is 4.69. The molecule has 2 aromatic rings. The summed E-state index contributed by atoms with van der Waals surface area (Å²) >= 11 is 6.86. The summed E-state index contributed by atoms with van der Waals surface area (Å²) in [6, 6.07) is 15.9. The molecular weight excluding hydrogens is 382 g/mol. The van der Waals surface area contributed by atoms with Gasteiger partial charge in [-0.05, 0) is 35.4 Å². The molecule has 0 radical (unpaired) electrons. The van der Waals surface area contributed by atoms with Gasteiger partial charge in [-0.3, -0.25) is 4.79 Å². The van der Waals surface area contributed by atoms with Crippen molar-refractivity contribution < 1.29 is 4.79 Å². The van der Waals surface area contributed by atoms with E-state index in [2.05, 4.69) is 31.9 Å². The summed E-state index contributed by atoms with van der Waals surface area (Å²) in [6.07, 6.45) is 0.421. The predicted molar refractivity (Wildman–Crippen MR) is 88.5 cm³/mol. The van der Waals surface area contributed by atoms with Crippen LogP contribution in [0.15, 0.2) is 57.5 Å². The molecule has 0 saturated heterocycles. The summed E-state index contributed by atoms with van der Waals surface area (Å²) in [5.41, 5.74) is 2.13. The number of halogens is 2. The Kier molecular flexibility index (Phi) is 5.38. The summed E-state index contributed by atoms with van der Waals surface area (Å²) in [6.45, 7) is 0.617. The Morgan fingerprint density at radius 2 is 1.55 bits per heavy atom. The molecule has 0 N–H and O–H groups in total. The maximum atomic E-state index is 12.2. The first-order chi connectivity index (χ1) is 9.54. The molecule has 0 fully saturated rings. The van der Waals surface area contributed by atoms with Crippen LogP contribution in [0.25, 0.3) is 0 Å². The van der Waals surface area contributed by atoms with Crippen molar-refractivity contribution in [3.63, 3.8) is 0 Å². The van der Waals surface area contributed by atoms with Crippen LogP contribution in [0, 0.1) is 0 Å². The van der Waals surface area contributed by atoms with E-state index in [0.29, 0.717) is 13.0 Å². The van der Waals surface area contributed by atoms with Crippen molar-refractivity contribution in [1.82, 2.24) is 4.90 Å². The molecule has 2 aromatic carbocycles. The number of rotatable bonds is 4. The van der Waals surface area contributed by atoms with Gasteiger partial charge in [0.15, 0.2) is 0 Å². The number of benzene rings is 2. The molecule has 0 heterocycles. The SMILES string of the molecule is CN(Cc1cccc(Br)c1)C(=O)Cc1cccc(Br)c1. The molecule has 0 aliphatic heterocycles. The molecule has 0 atom stereocenters. The first-order valence-electron chi connectivity index (χ1n) is 6.27. The van der Waals surface area contributed by atoms with Crippen molar-refractivity contribution in [2.45, 2.75) is 13.0 Å². The molecule has 0 aromatic heterocycles. The van der Waals surface area contributed by atoms with Crippen LogP contribution in [0.4, 0.5) is 0 Å². The van der Waals surface area contributed by atoms with Crippen LogP contribution in [0.3, 0.4) is 0 Å². The van der Waals surface area contributed by atoms with Gasteiger partial charge in [-0.1, -0.05) is 56.1 Å². The Balaban J connectivity index is 1.98. The van der Waals surface area contributed by atoms with Crippen molar-refractivity contribution in [2.75, 3.05) is 7.05 Å². The van der Waals surface area contributed by atoms with Crippen LogP contribution in [-0.2, 0) is 17.8 Å². The van der Waals surface area contributed by atoms with E-state index in [4.69, 9.17) is 0 Å². The minimum Gasteiger partial charge on any atom is -0.341 e. The molecule has 2 rings (SSSR count). The third kappa shape index (κ3) is 4.46. The van der Waals surface area contributed by atoms with Gasteiger partial charge in [0.05, 0.1) is 6.42 Å². The molecule has 0 spiro atoms.